The first-order valence-corrected chi connectivity index (χ1v) is 13.7. The van der Waals surface area contributed by atoms with Crippen molar-refractivity contribution in [3.63, 3.8) is 0 Å². The molecule has 0 unspecified atom stereocenters. The minimum atomic E-state index is -0.127. The van der Waals surface area contributed by atoms with Crippen molar-refractivity contribution in [1.29, 1.82) is 0 Å². The first-order valence-electron chi connectivity index (χ1n) is 12.8. The van der Waals surface area contributed by atoms with Gasteiger partial charge in [-0.2, -0.15) is 0 Å². The topological polar surface area (TPSA) is 49.9 Å². The standard InChI is InChI=1S/C28H38N2O3S/c1-4-15-29(28(32)22-7-5-6-8-22)18-27(31)30-16-13-26-24(14-17-34-26)25(30)19-33-23-11-9-21(10-12-23)20(2)3/h9-12,14,17,20,22,25H,4-8,13,15-16,18-19H2,1-3H3/t25-/m0/s1. The number of fused-ring (bicyclic) bond motifs is 1. The van der Waals surface area contributed by atoms with Crippen LogP contribution in [0.1, 0.15) is 80.8 Å². The second kappa shape index (κ2) is 11.4. The summed E-state index contributed by atoms with van der Waals surface area (Å²) >= 11 is 1.76. The Balaban J connectivity index is 1.47. The number of nitrogens with zero attached hydrogens (tertiary/aromatic N) is 2. The fourth-order valence-electron chi connectivity index (χ4n) is 5.22. The lowest BCUT2D eigenvalue weighted by atomic mass is 10.00. The molecule has 2 aliphatic rings. The highest BCUT2D eigenvalue weighted by Crippen LogP contribution is 2.34. The largest absolute Gasteiger partial charge is 0.491 e. The lowest BCUT2D eigenvalue weighted by Crippen LogP contribution is -2.48. The number of carbonyl (C=O) groups is 2. The van der Waals surface area contributed by atoms with E-state index in [0.29, 0.717) is 25.6 Å². The molecule has 0 N–H and O–H groups in total. The average molecular weight is 483 g/mol. The second-order valence-electron chi connectivity index (χ2n) is 9.93. The maximum atomic E-state index is 13.6. The molecule has 1 atom stereocenters. The molecule has 34 heavy (non-hydrogen) atoms. The lowest BCUT2D eigenvalue weighted by molar-refractivity contribution is -0.144. The number of thiophene rings is 1. The quantitative estimate of drug-likeness (QED) is 0.453. The summed E-state index contributed by atoms with van der Waals surface area (Å²) in [5, 5.41) is 2.11. The van der Waals surface area contributed by atoms with Gasteiger partial charge >= 0.3 is 0 Å². The summed E-state index contributed by atoms with van der Waals surface area (Å²) in [6.07, 6.45) is 5.88. The highest BCUT2D eigenvalue weighted by molar-refractivity contribution is 7.10. The number of hydrogen-bond acceptors (Lipinski definition) is 4. The molecule has 1 saturated carbocycles. The first kappa shape index (κ1) is 24.8. The molecule has 2 amide bonds. The summed E-state index contributed by atoms with van der Waals surface area (Å²) in [4.78, 5) is 31.8. The number of ether oxygens (including phenoxy) is 1. The van der Waals surface area contributed by atoms with Gasteiger partial charge in [-0.25, -0.2) is 0 Å². The van der Waals surface area contributed by atoms with E-state index in [2.05, 4.69) is 44.4 Å². The third kappa shape index (κ3) is 5.65. The molecular formula is C28H38N2O3S. The van der Waals surface area contributed by atoms with Crippen LogP contribution in [0, 0.1) is 5.92 Å². The van der Waals surface area contributed by atoms with Gasteiger partial charge in [0.2, 0.25) is 11.8 Å². The molecule has 0 bridgehead atoms. The van der Waals surface area contributed by atoms with Crippen LogP contribution < -0.4 is 4.74 Å². The molecule has 1 aromatic carbocycles. The van der Waals surface area contributed by atoms with Gasteiger partial charge in [0.05, 0.1) is 12.6 Å². The van der Waals surface area contributed by atoms with Gasteiger partial charge in [-0.05, 0) is 66.3 Å². The van der Waals surface area contributed by atoms with Crippen LogP contribution in [0.5, 0.6) is 5.75 Å². The summed E-state index contributed by atoms with van der Waals surface area (Å²) in [5.74, 6) is 1.59. The number of benzene rings is 1. The molecule has 6 heteroatoms. The van der Waals surface area contributed by atoms with Crippen LogP contribution in [0.15, 0.2) is 35.7 Å². The highest BCUT2D eigenvalue weighted by atomic mass is 32.1. The lowest BCUT2D eigenvalue weighted by Gasteiger charge is -2.37. The van der Waals surface area contributed by atoms with E-state index in [1.54, 1.807) is 11.3 Å². The molecule has 2 aromatic rings. The van der Waals surface area contributed by atoms with Gasteiger partial charge in [0.15, 0.2) is 0 Å². The Hall–Kier alpha value is -2.34. The van der Waals surface area contributed by atoms with Gasteiger partial charge in [0.25, 0.3) is 0 Å². The van der Waals surface area contributed by atoms with Crippen molar-refractivity contribution >= 4 is 23.2 Å². The van der Waals surface area contributed by atoms with Crippen LogP contribution in [-0.2, 0) is 16.0 Å². The van der Waals surface area contributed by atoms with Crippen LogP contribution in [0.2, 0.25) is 0 Å². The summed E-state index contributed by atoms with van der Waals surface area (Å²) in [5.41, 5.74) is 2.47. The fourth-order valence-corrected chi connectivity index (χ4v) is 6.15. The fraction of sp³-hybridized carbons (Fsp3) is 0.571. The van der Waals surface area contributed by atoms with E-state index in [-0.39, 0.29) is 30.3 Å². The Labute approximate surface area is 208 Å². The van der Waals surface area contributed by atoms with Crippen molar-refractivity contribution in [2.45, 2.75) is 71.3 Å². The molecule has 1 aliphatic carbocycles. The third-order valence-electron chi connectivity index (χ3n) is 7.21. The molecular weight excluding hydrogens is 444 g/mol. The van der Waals surface area contributed by atoms with Gasteiger partial charge in [0.1, 0.15) is 12.4 Å². The Morgan fingerprint density at radius 1 is 1.15 bits per heavy atom. The smallest absolute Gasteiger partial charge is 0.242 e. The number of hydrogen-bond donors (Lipinski definition) is 0. The maximum Gasteiger partial charge on any atom is 0.242 e. The first-order chi connectivity index (χ1) is 16.5. The van der Waals surface area contributed by atoms with E-state index in [1.165, 1.54) is 16.0 Å². The maximum absolute atomic E-state index is 13.6. The van der Waals surface area contributed by atoms with Crippen LogP contribution >= 0.6 is 11.3 Å². The van der Waals surface area contributed by atoms with Crippen molar-refractivity contribution in [1.82, 2.24) is 9.80 Å². The monoisotopic (exact) mass is 482 g/mol. The molecule has 4 rings (SSSR count). The minimum absolute atomic E-state index is 0.0282. The highest BCUT2D eigenvalue weighted by Gasteiger charge is 2.34. The summed E-state index contributed by atoms with van der Waals surface area (Å²) < 4.78 is 6.20. The van der Waals surface area contributed by atoms with E-state index in [9.17, 15) is 9.59 Å². The van der Waals surface area contributed by atoms with Gasteiger partial charge in [-0.1, -0.05) is 45.7 Å². The Morgan fingerprint density at radius 2 is 1.88 bits per heavy atom. The third-order valence-corrected chi connectivity index (χ3v) is 8.20. The zero-order chi connectivity index (χ0) is 24.1. The molecule has 184 valence electrons. The molecule has 2 heterocycles. The van der Waals surface area contributed by atoms with E-state index in [4.69, 9.17) is 4.74 Å². The van der Waals surface area contributed by atoms with E-state index < -0.39 is 0 Å². The Kier molecular flexibility index (Phi) is 8.30. The molecule has 1 aliphatic heterocycles. The van der Waals surface area contributed by atoms with Crippen molar-refractivity contribution in [3.8, 4) is 5.75 Å². The predicted molar refractivity (Wildman–Crippen MR) is 137 cm³/mol. The van der Waals surface area contributed by atoms with Crippen LogP contribution in [0.4, 0.5) is 0 Å². The van der Waals surface area contributed by atoms with Gasteiger partial charge in [-0.15, -0.1) is 11.3 Å². The van der Waals surface area contributed by atoms with Crippen molar-refractivity contribution < 1.29 is 14.3 Å². The zero-order valence-electron chi connectivity index (χ0n) is 20.8. The molecule has 0 spiro atoms. The van der Waals surface area contributed by atoms with Gasteiger partial charge in [-0.3, -0.25) is 9.59 Å². The van der Waals surface area contributed by atoms with Crippen LogP contribution in [-0.4, -0.2) is 47.9 Å². The van der Waals surface area contributed by atoms with Crippen LogP contribution in [0.25, 0.3) is 0 Å². The Morgan fingerprint density at radius 3 is 2.56 bits per heavy atom. The SMILES string of the molecule is CCCN(CC(=O)N1CCc2sccc2[C@@H]1COc1ccc(C(C)C)cc1)C(=O)C1CCCC1. The molecule has 0 saturated heterocycles. The number of amides is 2. The van der Waals surface area contributed by atoms with Crippen molar-refractivity contribution in [2.75, 3.05) is 26.2 Å². The number of rotatable bonds is 9. The van der Waals surface area contributed by atoms with E-state index >= 15 is 0 Å². The number of carbonyl (C=O) groups excluding carboxylic acids is 2. The van der Waals surface area contributed by atoms with E-state index in [0.717, 1.165) is 44.3 Å². The summed E-state index contributed by atoms with van der Waals surface area (Å²) in [6, 6.07) is 10.2. The van der Waals surface area contributed by atoms with Gasteiger partial charge < -0.3 is 14.5 Å². The van der Waals surface area contributed by atoms with Crippen molar-refractivity contribution in [2.24, 2.45) is 5.92 Å². The second-order valence-corrected chi connectivity index (χ2v) is 10.9. The van der Waals surface area contributed by atoms with E-state index in [1.807, 2.05) is 21.9 Å². The summed E-state index contributed by atoms with van der Waals surface area (Å²) in [7, 11) is 0. The van der Waals surface area contributed by atoms with Crippen LogP contribution in [0.3, 0.4) is 0 Å². The van der Waals surface area contributed by atoms with Gasteiger partial charge in [0, 0.05) is 23.9 Å². The molecule has 5 nitrogen and oxygen atoms in total. The zero-order valence-corrected chi connectivity index (χ0v) is 21.6. The normalized spacial score (nSPS) is 18.2. The Bertz CT molecular complexity index is 962. The van der Waals surface area contributed by atoms with Crippen molar-refractivity contribution in [3.05, 3.63) is 51.7 Å². The predicted octanol–water partition coefficient (Wildman–Crippen LogP) is 5.81. The minimum Gasteiger partial charge on any atom is -0.491 e. The molecule has 0 radical (unpaired) electrons. The average Bonchev–Trinajstić information content (AvgIpc) is 3.54. The molecule has 1 aromatic heterocycles. The molecule has 1 fully saturated rings. The summed E-state index contributed by atoms with van der Waals surface area (Å²) in [6.45, 7) is 8.33.